The van der Waals surface area contributed by atoms with Crippen LogP contribution in [0.3, 0.4) is 0 Å². The van der Waals surface area contributed by atoms with E-state index in [0.717, 1.165) is 11.6 Å². The lowest BCUT2D eigenvalue weighted by molar-refractivity contribution is -0.122. The molecular formula is C13H16N2OS3. The monoisotopic (exact) mass is 312 g/mol. The molecule has 0 atom stereocenters. The summed E-state index contributed by atoms with van der Waals surface area (Å²) in [5.74, 6) is 0.0186. The van der Waals surface area contributed by atoms with Gasteiger partial charge in [-0.2, -0.15) is 0 Å². The summed E-state index contributed by atoms with van der Waals surface area (Å²) in [5.41, 5.74) is 1.24. The first kappa shape index (κ1) is 14.7. The van der Waals surface area contributed by atoms with Crippen LogP contribution in [0, 0.1) is 0 Å². The number of likely N-dealkylation sites (N-methyl/N-ethyl adjacent to an activating group) is 1. The number of carbonyl (C=O) groups excluding carboxylic acids is 1. The Bertz CT molecular complexity index is 508. The van der Waals surface area contributed by atoms with Crippen LogP contribution in [0.15, 0.2) is 33.2 Å². The number of rotatable bonds is 3. The maximum Gasteiger partial charge on any atom is 0.266 e. The van der Waals surface area contributed by atoms with Gasteiger partial charge in [-0.1, -0.05) is 35.7 Å². The summed E-state index contributed by atoms with van der Waals surface area (Å²) in [5, 5.41) is 3.28. The molecule has 2 heterocycles. The number of thiocarbonyl (C=S) groups is 1. The lowest BCUT2D eigenvalue weighted by atomic mass is 10.4. The summed E-state index contributed by atoms with van der Waals surface area (Å²) in [6.45, 7) is 7.71. The minimum absolute atomic E-state index is 0.0186. The molecule has 0 aromatic heterocycles. The smallest absolute Gasteiger partial charge is 0.266 e. The Morgan fingerprint density at radius 3 is 2.53 bits per heavy atom. The Morgan fingerprint density at radius 1 is 1.26 bits per heavy atom. The number of hydrogen-bond acceptors (Lipinski definition) is 5. The molecule has 1 fully saturated rings. The summed E-state index contributed by atoms with van der Waals surface area (Å²) in [4.78, 5) is 16.6. The van der Waals surface area contributed by atoms with Crippen molar-refractivity contribution >= 4 is 46.0 Å². The topological polar surface area (TPSA) is 23.6 Å². The van der Waals surface area contributed by atoms with E-state index in [9.17, 15) is 4.79 Å². The molecule has 3 nitrogen and oxygen atoms in total. The van der Waals surface area contributed by atoms with Gasteiger partial charge in [0, 0.05) is 18.8 Å². The molecular weight excluding hydrogens is 296 g/mol. The highest BCUT2D eigenvalue weighted by Gasteiger charge is 2.30. The van der Waals surface area contributed by atoms with Crippen LogP contribution < -0.4 is 0 Å². The van der Waals surface area contributed by atoms with Crippen molar-refractivity contribution in [3.8, 4) is 0 Å². The van der Waals surface area contributed by atoms with Gasteiger partial charge in [-0.15, -0.1) is 0 Å². The van der Waals surface area contributed by atoms with E-state index < -0.39 is 0 Å². The van der Waals surface area contributed by atoms with E-state index in [4.69, 9.17) is 12.2 Å². The third-order valence-electron chi connectivity index (χ3n) is 2.93. The van der Waals surface area contributed by atoms with Gasteiger partial charge < -0.3 is 4.90 Å². The first-order valence-corrected chi connectivity index (χ1v) is 8.25. The van der Waals surface area contributed by atoms with Crippen LogP contribution in [0.25, 0.3) is 0 Å². The second-order valence-electron chi connectivity index (χ2n) is 4.07. The standard InChI is InChI=1S/C13H16N2OS3/c1-4-14-9(3)8-18-11(14)7-6-10-12(16)15(5-2)13(17)19-10/h6-8H,4-5H2,1-3H3/b10-6-,11-7-. The molecule has 0 aliphatic carbocycles. The summed E-state index contributed by atoms with van der Waals surface area (Å²) in [6, 6.07) is 0. The SMILES string of the molecule is CCN1C(=O)/C(=C/C=C2\SC=C(C)N2CC)SC1=S. The summed E-state index contributed by atoms with van der Waals surface area (Å²) in [7, 11) is 0. The number of amides is 1. The molecule has 6 heteroatoms. The molecule has 102 valence electrons. The predicted molar refractivity (Wildman–Crippen MR) is 87.5 cm³/mol. The molecule has 0 saturated carbocycles. The number of carbonyl (C=O) groups is 1. The fraction of sp³-hybridized carbons (Fsp3) is 0.385. The normalized spacial score (nSPS) is 24.1. The van der Waals surface area contributed by atoms with E-state index in [1.54, 1.807) is 16.7 Å². The Labute approximate surface area is 127 Å². The summed E-state index contributed by atoms with van der Waals surface area (Å²) < 4.78 is 0.651. The van der Waals surface area contributed by atoms with Crippen molar-refractivity contribution in [2.45, 2.75) is 20.8 Å². The molecule has 0 aromatic carbocycles. The zero-order valence-electron chi connectivity index (χ0n) is 11.2. The Balaban J connectivity index is 2.16. The maximum absolute atomic E-state index is 12.1. The largest absolute Gasteiger partial charge is 0.340 e. The minimum atomic E-state index is 0.0186. The average Bonchev–Trinajstić information content (AvgIpc) is 2.87. The third kappa shape index (κ3) is 2.90. The maximum atomic E-state index is 12.1. The Kier molecular flexibility index (Phi) is 4.76. The summed E-state index contributed by atoms with van der Waals surface area (Å²) in [6.07, 6.45) is 3.88. The van der Waals surface area contributed by atoms with E-state index in [1.165, 1.54) is 17.5 Å². The lowest BCUT2D eigenvalue weighted by Gasteiger charge is -2.18. The van der Waals surface area contributed by atoms with Crippen molar-refractivity contribution < 1.29 is 4.79 Å². The highest BCUT2D eigenvalue weighted by Crippen LogP contribution is 2.35. The van der Waals surface area contributed by atoms with Gasteiger partial charge in [0.15, 0.2) is 0 Å². The second-order valence-corrected chi connectivity index (χ2v) is 6.64. The predicted octanol–water partition coefficient (Wildman–Crippen LogP) is 3.52. The quantitative estimate of drug-likeness (QED) is 0.586. The van der Waals surface area contributed by atoms with Crippen LogP contribution in [-0.2, 0) is 4.79 Å². The molecule has 0 spiro atoms. The molecule has 1 amide bonds. The van der Waals surface area contributed by atoms with E-state index in [2.05, 4.69) is 24.2 Å². The first-order chi connectivity index (χ1) is 9.08. The first-order valence-electron chi connectivity index (χ1n) is 6.15. The Hall–Kier alpha value is -0.720. The van der Waals surface area contributed by atoms with E-state index >= 15 is 0 Å². The van der Waals surface area contributed by atoms with Gasteiger partial charge in [0.05, 0.1) is 9.93 Å². The van der Waals surface area contributed by atoms with Gasteiger partial charge in [0.1, 0.15) is 4.32 Å². The molecule has 0 N–H and O–H groups in total. The molecule has 0 bridgehead atoms. The second kappa shape index (κ2) is 6.15. The summed E-state index contributed by atoms with van der Waals surface area (Å²) >= 11 is 8.26. The van der Waals surface area contributed by atoms with E-state index in [1.807, 2.05) is 19.1 Å². The van der Waals surface area contributed by atoms with Gasteiger partial charge in [0.2, 0.25) is 0 Å². The van der Waals surface area contributed by atoms with Crippen LogP contribution in [0.4, 0.5) is 0 Å². The van der Waals surface area contributed by atoms with Crippen molar-refractivity contribution in [3.05, 3.63) is 33.2 Å². The number of nitrogens with zero attached hydrogens (tertiary/aromatic N) is 2. The van der Waals surface area contributed by atoms with Gasteiger partial charge in [-0.3, -0.25) is 9.69 Å². The van der Waals surface area contributed by atoms with Crippen LogP contribution >= 0.6 is 35.7 Å². The Morgan fingerprint density at radius 2 is 1.95 bits per heavy atom. The third-order valence-corrected chi connectivity index (χ3v) is 5.38. The fourth-order valence-corrected chi connectivity index (χ4v) is 4.21. The minimum Gasteiger partial charge on any atom is -0.340 e. The number of allylic oxidation sites excluding steroid dienone is 3. The molecule has 1 saturated heterocycles. The molecule has 0 radical (unpaired) electrons. The van der Waals surface area contributed by atoms with Crippen molar-refractivity contribution in [1.82, 2.24) is 9.80 Å². The van der Waals surface area contributed by atoms with Gasteiger partial charge in [0.25, 0.3) is 5.91 Å². The van der Waals surface area contributed by atoms with Crippen molar-refractivity contribution in [2.24, 2.45) is 0 Å². The van der Waals surface area contributed by atoms with Gasteiger partial charge in [-0.25, -0.2) is 0 Å². The lowest BCUT2D eigenvalue weighted by Crippen LogP contribution is -2.27. The van der Waals surface area contributed by atoms with Crippen LogP contribution in [0.1, 0.15) is 20.8 Å². The zero-order valence-corrected chi connectivity index (χ0v) is 13.6. The molecule has 0 unspecified atom stereocenters. The average molecular weight is 312 g/mol. The molecule has 2 rings (SSSR count). The van der Waals surface area contributed by atoms with Crippen molar-refractivity contribution in [2.75, 3.05) is 13.1 Å². The van der Waals surface area contributed by atoms with Crippen molar-refractivity contribution in [1.29, 1.82) is 0 Å². The molecule has 2 aliphatic heterocycles. The highest BCUT2D eigenvalue weighted by atomic mass is 32.2. The zero-order chi connectivity index (χ0) is 14.0. The van der Waals surface area contributed by atoms with Gasteiger partial charge in [-0.05, 0) is 38.3 Å². The van der Waals surface area contributed by atoms with Crippen LogP contribution in [-0.4, -0.2) is 33.1 Å². The van der Waals surface area contributed by atoms with Crippen LogP contribution in [0.2, 0.25) is 0 Å². The van der Waals surface area contributed by atoms with Crippen molar-refractivity contribution in [3.63, 3.8) is 0 Å². The highest BCUT2D eigenvalue weighted by molar-refractivity contribution is 8.26. The molecule has 2 aliphatic rings. The van der Waals surface area contributed by atoms with Crippen LogP contribution in [0.5, 0.6) is 0 Å². The van der Waals surface area contributed by atoms with E-state index in [-0.39, 0.29) is 5.91 Å². The van der Waals surface area contributed by atoms with E-state index in [0.29, 0.717) is 15.8 Å². The van der Waals surface area contributed by atoms with Gasteiger partial charge >= 0.3 is 0 Å². The molecule has 19 heavy (non-hydrogen) atoms. The number of thioether (sulfide) groups is 2. The molecule has 0 aromatic rings. The fourth-order valence-electron chi connectivity index (χ4n) is 1.91. The number of hydrogen-bond donors (Lipinski definition) is 0.